The van der Waals surface area contributed by atoms with Crippen LogP contribution in [0.15, 0.2) is 24.3 Å². The molecule has 70 valence electrons. The van der Waals surface area contributed by atoms with Gasteiger partial charge in [0.15, 0.2) is 0 Å². The van der Waals surface area contributed by atoms with E-state index in [1.165, 1.54) is 0 Å². The van der Waals surface area contributed by atoms with Crippen molar-refractivity contribution in [3.63, 3.8) is 0 Å². The average molecular weight is 243 g/mol. The summed E-state index contributed by atoms with van der Waals surface area (Å²) in [6.45, 7) is 1.88. The molecule has 0 N–H and O–H groups in total. The Morgan fingerprint density at radius 2 is 2.23 bits per heavy atom. The third kappa shape index (κ3) is 3.31. The van der Waals surface area contributed by atoms with Gasteiger partial charge in [0.1, 0.15) is 5.82 Å². The van der Waals surface area contributed by atoms with Crippen molar-refractivity contribution >= 4 is 22.0 Å². The molecule has 0 spiro atoms. The topological polar surface area (TPSA) is 0 Å². The maximum atomic E-state index is 13.2. The van der Waals surface area contributed by atoms with Gasteiger partial charge in [-0.15, -0.1) is 0 Å². The van der Waals surface area contributed by atoms with Crippen molar-refractivity contribution in [2.75, 3.05) is 5.33 Å². The zero-order chi connectivity index (χ0) is 9.68. The molecule has 0 aromatic heterocycles. The summed E-state index contributed by atoms with van der Waals surface area (Å²) < 4.78 is 13.2. The number of alkyl halides is 1. The van der Waals surface area contributed by atoms with E-state index in [-0.39, 0.29) is 5.82 Å². The maximum absolute atomic E-state index is 13.2. The van der Waals surface area contributed by atoms with Crippen LogP contribution in [-0.2, 0) is 0 Å². The Kier molecular flexibility index (Phi) is 4.16. The zero-order valence-corrected chi connectivity index (χ0v) is 9.14. The zero-order valence-electron chi connectivity index (χ0n) is 7.56. The Morgan fingerprint density at radius 1 is 1.46 bits per heavy atom. The fourth-order valence-corrected chi connectivity index (χ4v) is 1.30. The molecule has 0 aliphatic rings. The molecule has 1 rings (SSSR count). The minimum Gasteiger partial charge on any atom is -0.206 e. The van der Waals surface area contributed by atoms with E-state index in [9.17, 15) is 4.39 Å². The number of hydrogen-bond donors (Lipinski definition) is 0. The standard InChI is InChI=1S/C11H12BrF/c1-9-5-6-10(11(13)8-9)4-2-3-7-12/h2,4-6,8H,3,7H2,1H3. The van der Waals surface area contributed by atoms with E-state index in [0.29, 0.717) is 5.56 Å². The molecular formula is C11H12BrF. The Bertz CT molecular complexity index is 305. The van der Waals surface area contributed by atoms with Crippen LogP contribution in [0, 0.1) is 12.7 Å². The number of benzene rings is 1. The number of hydrogen-bond acceptors (Lipinski definition) is 0. The molecular weight excluding hydrogens is 231 g/mol. The van der Waals surface area contributed by atoms with Crippen LogP contribution in [0.5, 0.6) is 0 Å². The molecule has 2 heteroatoms. The first kappa shape index (κ1) is 10.5. The van der Waals surface area contributed by atoms with Gasteiger partial charge in [-0.2, -0.15) is 0 Å². The monoisotopic (exact) mass is 242 g/mol. The van der Waals surface area contributed by atoms with Gasteiger partial charge in [0, 0.05) is 10.9 Å². The summed E-state index contributed by atoms with van der Waals surface area (Å²) in [4.78, 5) is 0. The number of aryl methyl sites for hydroxylation is 1. The average Bonchev–Trinajstić information content (AvgIpc) is 2.09. The van der Waals surface area contributed by atoms with Gasteiger partial charge in [-0.25, -0.2) is 4.39 Å². The van der Waals surface area contributed by atoms with Gasteiger partial charge in [-0.3, -0.25) is 0 Å². The third-order valence-corrected chi connectivity index (χ3v) is 2.19. The fourth-order valence-electron chi connectivity index (χ4n) is 1.04. The summed E-state index contributed by atoms with van der Waals surface area (Å²) in [5.41, 5.74) is 1.61. The molecule has 0 radical (unpaired) electrons. The minimum atomic E-state index is -0.147. The molecule has 0 aliphatic heterocycles. The Morgan fingerprint density at radius 3 is 2.85 bits per heavy atom. The normalized spacial score (nSPS) is 11.0. The van der Waals surface area contributed by atoms with E-state index in [1.807, 2.05) is 25.1 Å². The summed E-state index contributed by atoms with van der Waals surface area (Å²) in [6, 6.07) is 5.26. The van der Waals surface area contributed by atoms with E-state index < -0.39 is 0 Å². The van der Waals surface area contributed by atoms with Crippen molar-refractivity contribution in [3.05, 3.63) is 41.2 Å². The Hall–Kier alpha value is -0.630. The molecule has 13 heavy (non-hydrogen) atoms. The van der Waals surface area contributed by atoms with Crippen LogP contribution in [0.1, 0.15) is 17.5 Å². The molecule has 0 fully saturated rings. The first-order chi connectivity index (χ1) is 6.24. The van der Waals surface area contributed by atoms with Crippen molar-refractivity contribution in [2.24, 2.45) is 0 Å². The predicted octanol–water partition coefficient (Wildman–Crippen LogP) is 3.93. The fraction of sp³-hybridized carbons (Fsp3) is 0.273. The summed E-state index contributed by atoms with van der Waals surface area (Å²) in [6.07, 6.45) is 4.70. The van der Waals surface area contributed by atoms with Gasteiger partial charge in [0.05, 0.1) is 0 Å². The van der Waals surface area contributed by atoms with Crippen LogP contribution in [0.4, 0.5) is 4.39 Å². The van der Waals surface area contributed by atoms with Gasteiger partial charge in [-0.1, -0.05) is 40.2 Å². The lowest BCUT2D eigenvalue weighted by molar-refractivity contribution is 0.624. The highest BCUT2D eigenvalue weighted by atomic mass is 79.9. The van der Waals surface area contributed by atoms with Crippen LogP contribution < -0.4 is 0 Å². The molecule has 0 atom stereocenters. The molecule has 0 aliphatic carbocycles. The molecule has 1 aromatic rings. The highest BCUT2D eigenvalue weighted by Crippen LogP contribution is 2.11. The van der Waals surface area contributed by atoms with Gasteiger partial charge in [-0.05, 0) is 25.0 Å². The second-order valence-electron chi connectivity index (χ2n) is 2.90. The molecule has 0 saturated heterocycles. The molecule has 0 unspecified atom stereocenters. The lowest BCUT2D eigenvalue weighted by Gasteiger charge is -1.97. The molecule has 1 aromatic carbocycles. The van der Waals surface area contributed by atoms with E-state index in [2.05, 4.69) is 15.9 Å². The van der Waals surface area contributed by atoms with E-state index >= 15 is 0 Å². The highest BCUT2D eigenvalue weighted by Gasteiger charge is 1.96. The van der Waals surface area contributed by atoms with Gasteiger partial charge >= 0.3 is 0 Å². The number of halogens is 2. The molecule has 0 saturated carbocycles. The van der Waals surface area contributed by atoms with E-state index in [1.54, 1.807) is 12.1 Å². The summed E-state index contributed by atoms with van der Waals surface area (Å²) in [5, 5.41) is 0.914. The number of rotatable bonds is 3. The van der Waals surface area contributed by atoms with Crippen molar-refractivity contribution < 1.29 is 4.39 Å². The predicted molar refractivity (Wildman–Crippen MR) is 58.6 cm³/mol. The maximum Gasteiger partial charge on any atom is 0.130 e. The van der Waals surface area contributed by atoms with Crippen LogP contribution in [0.3, 0.4) is 0 Å². The smallest absolute Gasteiger partial charge is 0.130 e. The molecule has 0 bridgehead atoms. The van der Waals surface area contributed by atoms with Crippen LogP contribution in [0.25, 0.3) is 6.08 Å². The van der Waals surface area contributed by atoms with Crippen LogP contribution >= 0.6 is 15.9 Å². The largest absolute Gasteiger partial charge is 0.206 e. The second-order valence-corrected chi connectivity index (χ2v) is 3.70. The van der Waals surface area contributed by atoms with Crippen molar-refractivity contribution in [2.45, 2.75) is 13.3 Å². The summed E-state index contributed by atoms with van der Waals surface area (Å²) in [5.74, 6) is -0.147. The Labute approximate surface area is 86.6 Å². The Balaban J connectivity index is 2.77. The SMILES string of the molecule is Cc1ccc(C=CCCBr)c(F)c1. The van der Waals surface area contributed by atoms with Crippen LogP contribution in [-0.4, -0.2) is 5.33 Å². The first-order valence-electron chi connectivity index (χ1n) is 4.22. The van der Waals surface area contributed by atoms with Gasteiger partial charge in [0.25, 0.3) is 0 Å². The molecule has 0 nitrogen and oxygen atoms in total. The summed E-state index contributed by atoms with van der Waals surface area (Å²) >= 11 is 3.31. The van der Waals surface area contributed by atoms with Crippen LogP contribution in [0.2, 0.25) is 0 Å². The molecule has 0 heterocycles. The lowest BCUT2D eigenvalue weighted by Crippen LogP contribution is -1.82. The number of allylic oxidation sites excluding steroid dienone is 1. The van der Waals surface area contributed by atoms with Crippen molar-refractivity contribution in [1.82, 2.24) is 0 Å². The van der Waals surface area contributed by atoms with Gasteiger partial charge < -0.3 is 0 Å². The second kappa shape index (κ2) is 5.18. The van der Waals surface area contributed by atoms with Gasteiger partial charge in [0.2, 0.25) is 0 Å². The van der Waals surface area contributed by atoms with E-state index in [0.717, 1.165) is 17.3 Å². The third-order valence-electron chi connectivity index (χ3n) is 1.73. The molecule has 0 amide bonds. The minimum absolute atomic E-state index is 0.147. The quantitative estimate of drug-likeness (QED) is 0.705. The van der Waals surface area contributed by atoms with Crippen molar-refractivity contribution in [3.8, 4) is 0 Å². The van der Waals surface area contributed by atoms with Crippen molar-refractivity contribution in [1.29, 1.82) is 0 Å². The highest BCUT2D eigenvalue weighted by molar-refractivity contribution is 9.09. The first-order valence-corrected chi connectivity index (χ1v) is 5.35. The summed E-state index contributed by atoms with van der Waals surface area (Å²) in [7, 11) is 0. The van der Waals surface area contributed by atoms with E-state index in [4.69, 9.17) is 0 Å². The lowest BCUT2D eigenvalue weighted by atomic mass is 10.1.